The summed E-state index contributed by atoms with van der Waals surface area (Å²) in [5.41, 5.74) is 3.42. The normalized spacial score (nSPS) is 20.6. The second-order valence-corrected chi connectivity index (χ2v) is 10.6. The molecule has 182 valence electrons. The maximum Gasteiger partial charge on any atom is 0.179 e. The van der Waals surface area contributed by atoms with Gasteiger partial charge in [-0.25, -0.2) is 14.6 Å². The minimum absolute atomic E-state index is 0.0956. The summed E-state index contributed by atoms with van der Waals surface area (Å²) in [5.74, 6) is 2.32. The smallest absolute Gasteiger partial charge is 0.179 e. The fourth-order valence-electron chi connectivity index (χ4n) is 5.41. The Morgan fingerprint density at radius 1 is 1.18 bits per heavy atom. The molecule has 0 bridgehead atoms. The Bertz CT molecular complexity index is 1160. The lowest BCUT2D eigenvalue weighted by atomic mass is 9.80. The topological polar surface area (TPSA) is 70.3 Å². The van der Waals surface area contributed by atoms with Gasteiger partial charge in [0.15, 0.2) is 5.65 Å². The Labute approximate surface area is 210 Å². The summed E-state index contributed by atoms with van der Waals surface area (Å²) in [6.07, 6.45) is 5.30. The SMILES string of the molecule is Cc1nn([C@H](C)c2ccc(Cl)cc2Cl)c2nc(N3CC(C4CCCN(CCCO)C4)C3)cnc12. The number of hydrogen-bond acceptors (Lipinski definition) is 6. The summed E-state index contributed by atoms with van der Waals surface area (Å²) in [5, 5.41) is 15.1. The molecule has 2 fully saturated rings. The van der Waals surface area contributed by atoms with Crippen molar-refractivity contribution in [2.45, 2.75) is 39.2 Å². The van der Waals surface area contributed by atoms with Crippen molar-refractivity contribution in [3.8, 4) is 0 Å². The second-order valence-electron chi connectivity index (χ2n) is 9.72. The summed E-state index contributed by atoms with van der Waals surface area (Å²) < 4.78 is 1.92. The Balaban J connectivity index is 1.32. The number of hydrogen-bond donors (Lipinski definition) is 1. The summed E-state index contributed by atoms with van der Waals surface area (Å²) in [6, 6.07) is 5.47. The highest BCUT2D eigenvalue weighted by Gasteiger charge is 2.36. The molecule has 1 aromatic carbocycles. The van der Waals surface area contributed by atoms with Crippen molar-refractivity contribution in [3.63, 3.8) is 0 Å². The van der Waals surface area contributed by atoms with Crippen LogP contribution in [-0.2, 0) is 0 Å². The van der Waals surface area contributed by atoms with Gasteiger partial charge in [-0.1, -0.05) is 29.3 Å². The van der Waals surface area contributed by atoms with Crippen LogP contribution in [0.15, 0.2) is 24.4 Å². The van der Waals surface area contributed by atoms with Gasteiger partial charge >= 0.3 is 0 Å². The van der Waals surface area contributed by atoms with Crippen LogP contribution in [0, 0.1) is 18.8 Å². The van der Waals surface area contributed by atoms with Gasteiger partial charge in [0.1, 0.15) is 11.3 Å². The molecule has 34 heavy (non-hydrogen) atoms. The zero-order valence-corrected chi connectivity index (χ0v) is 21.3. The van der Waals surface area contributed by atoms with Crippen LogP contribution in [0.25, 0.3) is 11.2 Å². The number of anilines is 1. The first kappa shape index (κ1) is 23.8. The van der Waals surface area contributed by atoms with E-state index >= 15 is 0 Å². The van der Waals surface area contributed by atoms with Crippen LogP contribution in [-0.4, -0.2) is 69.1 Å². The Morgan fingerprint density at radius 2 is 2.00 bits per heavy atom. The predicted molar refractivity (Wildman–Crippen MR) is 137 cm³/mol. The average Bonchev–Trinajstić information content (AvgIpc) is 3.12. The predicted octanol–water partition coefficient (Wildman–Crippen LogP) is 4.58. The van der Waals surface area contributed by atoms with E-state index in [9.17, 15) is 0 Å². The molecule has 2 aromatic heterocycles. The number of aliphatic hydroxyl groups excluding tert-OH is 1. The minimum atomic E-state index is -0.0956. The molecule has 2 atom stereocenters. The molecule has 0 saturated carbocycles. The highest BCUT2D eigenvalue weighted by Crippen LogP contribution is 2.35. The number of aliphatic hydroxyl groups is 1. The molecule has 0 radical (unpaired) electrons. The van der Waals surface area contributed by atoms with Crippen LogP contribution in [0.1, 0.15) is 43.5 Å². The third kappa shape index (κ3) is 4.63. The van der Waals surface area contributed by atoms with E-state index in [1.165, 1.54) is 12.8 Å². The second kappa shape index (κ2) is 9.97. The van der Waals surface area contributed by atoms with Gasteiger partial charge in [-0.05, 0) is 69.2 Å². The highest BCUT2D eigenvalue weighted by atomic mass is 35.5. The number of benzene rings is 1. The van der Waals surface area contributed by atoms with Gasteiger partial charge in [-0.3, -0.25) is 0 Å². The van der Waals surface area contributed by atoms with Crippen molar-refractivity contribution in [2.75, 3.05) is 44.2 Å². The molecule has 1 unspecified atom stereocenters. The summed E-state index contributed by atoms with van der Waals surface area (Å²) in [7, 11) is 0. The van der Waals surface area contributed by atoms with E-state index in [4.69, 9.17) is 43.4 Å². The number of aromatic nitrogens is 4. The highest BCUT2D eigenvalue weighted by molar-refractivity contribution is 6.35. The van der Waals surface area contributed by atoms with E-state index in [2.05, 4.69) is 16.7 Å². The molecule has 3 aromatic rings. The van der Waals surface area contributed by atoms with Gasteiger partial charge in [0.05, 0.1) is 17.9 Å². The minimum Gasteiger partial charge on any atom is -0.396 e. The number of aryl methyl sites for hydroxylation is 1. The largest absolute Gasteiger partial charge is 0.396 e. The maximum atomic E-state index is 9.15. The lowest BCUT2D eigenvalue weighted by Gasteiger charge is -2.47. The summed E-state index contributed by atoms with van der Waals surface area (Å²) in [6.45, 7) is 9.66. The molecule has 2 aliphatic heterocycles. The van der Waals surface area contributed by atoms with Crippen LogP contribution >= 0.6 is 23.2 Å². The van der Waals surface area contributed by atoms with Gasteiger partial charge < -0.3 is 14.9 Å². The van der Waals surface area contributed by atoms with Crippen LogP contribution in [0.3, 0.4) is 0 Å². The monoisotopic (exact) mass is 502 g/mol. The van der Waals surface area contributed by atoms with E-state index in [1.807, 2.05) is 29.9 Å². The lowest BCUT2D eigenvalue weighted by Crippen LogP contribution is -2.54. The van der Waals surface area contributed by atoms with Crippen molar-refractivity contribution in [3.05, 3.63) is 45.7 Å². The van der Waals surface area contributed by atoms with E-state index in [0.717, 1.165) is 73.3 Å². The summed E-state index contributed by atoms with van der Waals surface area (Å²) >= 11 is 12.6. The number of nitrogens with zero attached hydrogens (tertiary/aromatic N) is 6. The van der Waals surface area contributed by atoms with Gasteiger partial charge in [-0.15, -0.1) is 0 Å². The molecule has 4 heterocycles. The van der Waals surface area contributed by atoms with Gasteiger partial charge in [0, 0.05) is 42.8 Å². The van der Waals surface area contributed by atoms with Crippen LogP contribution in [0.5, 0.6) is 0 Å². The van der Waals surface area contributed by atoms with Crippen molar-refractivity contribution < 1.29 is 5.11 Å². The van der Waals surface area contributed by atoms with E-state index in [-0.39, 0.29) is 12.6 Å². The van der Waals surface area contributed by atoms with E-state index in [1.54, 1.807) is 6.07 Å². The van der Waals surface area contributed by atoms with Crippen molar-refractivity contribution in [1.82, 2.24) is 24.6 Å². The van der Waals surface area contributed by atoms with Crippen molar-refractivity contribution in [1.29, 1.82) is 0 Å². The number of likely N-dealkylation sites (tertiary alicyclic amines) is 1. The molecule has 1 N–H and O–H groups in total. The fourth-order valence-corrected chi connectivity index (χ4v) is 5.97. The Morgan fingerprint density at radius 3 is 2.76 bits per heavy atom. The number of halogens is 2. The molecule has 5 rings (SSSR count). The molecule has 2 saturated heterocycles. The van der Waals surface area contributed by atoms with Gasteiger partial charge in [-0.2, -0.15) is 5.10 Å². The molecule has 2 aliphatic rings. The van der Waals surface area contributed by atoms with Crippen molar-refractivity contribution in [2.24, 2.45) is 11.8 Å². The molecular weight excluding hydrogens is 471 g/mol. The molecular formula is C25H32Cl2N6O. The Hall–Kier alpha value is -1.93. The molecule has 0 amide bonds. The lowest BCUT2D eigenvalue weighted by molar-refractivity contribution is 0.112. The van der Waals surface area contributed by atoms with Gasteiger partial charge in [0.2, 0.25) is 0 Å². The molecule has 0 spiro atoms. The van der Waals surface area contributed by atoms with Crippen LogP contribution < -0.4 is 4.90 Å². The standard InChI is InChI=1S/C25H32Cl2N6O/c1-16-24-25(33(30-16)17(2)21-7-6-20(26)11-22(21)27)29-23(12-28-24)32-14-19(15-32)18-5-3-8-31(13-18)9-4-10-34/h6-7,11-12,17-19,34H,3-5,8-10,13-15H2,1-2H3/t17-,18?/m1/s1. The third-order valence-electron chi connectivity index (χ3n) is 7.41. The fraction of sp³-hybridized carbons (Fsp3) is 0.560. The average molecular weight is 503 g/mol. The maximum absolute atomic E-state index is 9.15. The molecule has 9 heteroatoms. The third-order valence-corrected chi connectivity index (χ3v) is 7.98. The number of piperidine rings is 1. The first-order valence-electron chi connectivity index (χ1n) is 12.2. The first-order chi connectivity index (χ1) is 16.4. The quantitative estimate of drug-likeness (QED) is 0.509. The summed E-state index contributed by atoms with van der Waals surface area (Å²) in [4.78, 5) is 14.6. The van der Waals surface area contributed by atoms with Crippen molar-refractivity contribution >= 4 is 40.2 Å². The molecule has 0 aliphatic carbocycles. The Kier molecular flexibility index (Phi) is 6.98. The zero-order valence-electron chi connectivity index (χ0n) is 19.8. The van der Waals surface area contributed by atoms with Gasteiger partial charge in [0.25, 0.3) is 0 Å². The van der Waals surface area contributed by atoms with Crippen LogP contribution in [0.2, 0.25) is 10.0 Å². The van der Waals surface area contributed by atoms with E-state index in [0.29, 0.717) is 16.0 Å². The van der Waals surface area contributed by atoms with E-state index < -0.39 is 0 Å². The zero-order chi connectivity index (χ0) is 23.8. The van der Waals surface area contributed by atoms with Crippen LogP contribution in [0.4, 0.5) is 5.82 Å². The molecule has 7 nitrogen and oxygen atoms in total. The first-order valence-corrected chi connectivity index (χ1v) is 12.9. The number of fused-ring (bicyclic) bond motifs is 1. The number of rotatable bonds is 7.